The number of nitrogens with zero attached hydrogens (tertiary/aromatic N) is 3. The highest BCUT2D eigenvalue weighted by Crippen LogP contribution is 2.28. The lowest BCUT2D eigenvalue weighted by Gasteiger charge is -2.08. The van der Waals surface area contributed by atoms with Crippen molar-refractivity contribution in [1.29, 1.82) is 0 Å². The van der Waals surface area contributed by atoms with E-state index in [0.717, 1.165) is 17.7 Å². The fourth-order valence-electron chi connectivity index (χ4n) is 4.12. The molecular weight excluding hydrogens is 426 g/mol. The van der Waals surface area contributed by atoms with Gasteiger partial charge >= 0.3 is 5.97 Å². The van der Waals surface area contributed by atoms with Gasteiger partial charge in [-0.2, -0.15) is 5.10 Å². The molecule has 0 bridgehead atoms. The van der Waals surface area contributed by atoms with Crippen LogP contribution in [0, 0.1) is 6.92 Å². The third kappa shape index (κ3) is 4.35. The van der Waals surface area contributed by atoms with Crippen LogP contribution in [0.2, 0.25) is 0 Å². The van der Waals surface area contributed by atoms with Gasteiger partial charge in [-0.3, -0.25) is 4.68 Å². The summed E-state index contributed by atoms with van der Waals surface area (Å²) in [7, 11) is 0. The first-order valence-corrected chi connectivity index (χ1v) is 11.3. The molecule has 0 aliphatic carbocycles. The normalized spacial score (nSPS) is 11.1. The highest BCUT2D eigenvalue weighted by Gasteiger charge is 2.21. The van der Waals surface area contributed by atoms with Crippen LogP contribution in [0.25, 0.3) is 22.5 Å². The first-order chi connectivity index (χ1) is 16.6. The highest BCUT2D eigenvalue weighted by atomic mass is 16.5. The molecule has 3 aromatic heterocycles. The van der Waals surface area contributed by atoms with Crippen molar-refractivity contribution >= 4 is 17.0 Å². The van der Waals surface area contributed by atoms with E-state index in [2.05, 4.69) is 53.5 Å². The molecule has 3 heterocycles. The van der Waals surface area contributed by atoms with Gasteiger partial charge < -0.3 is 9.15 Å². The SMILES string of the molecule is CCOC(=O)c1cc(-c2ccco2)nc2nn(Cc3ccc(Cc4ccccc4)cc3)c(C)c12. The predicted molar refractivity (Wildman–Crippen MR) is 131 cm³/mol. The second-order valence-electron chi connectivity index (χ2n) is 8.17. The Balaban J connectivity index is 1.47. The minimum Gasteiger partial charge on any atom is -0.463 e. The third-order valence-electron chi connectivity index (χ3n) is 5.84. The zero-order chi connectivity index (χ0) is 23.5. The molecule has 5 aromatic rings. The van der Waals surface area contributed by atoms with Gasteiger partial charge in [-0.05, 0) is 55.2 Å². The topological polar surface area (TPSA) is 70.2 Å². The van der Waals surface area contributed by atoms with Gasteiger partial charge in [0.05, 0.1) is 30.4 Å². The van der Waals surface area contributed by atoms with E-state index >= 15 is 0 Å². The van der Waals surface area contributed by atoms with Crippen LogP contribution in [-0.2, 0) is 17.7 Å². The molecular formula is C28H25N3O3. The van der Waals surface area contributed by atoms with Gasteiger partial charge in [0, 0.05) is 5.69 Å². The minimum absolute atomic E-state index is 0.293. The predicted octanol–water partition coefficient (Wildman–Crippen LogP) is 5.82. The maximum atomic E-state index is 12.8. The maximum absolute atomic E-state index is 12.8. The Hall–Kier alpha value is -4.19. The number of hydrogen-bond donors (Lipinski definition) is 0. The Morgan fingerprint density at radius 2 is 1.71 bits per heavy atom. The highest BCUT2D eigenvalue weighted by molar-refractivity contribution is 6.04. The number of fused-ring (bicyclic) bond motifs is 1. The number of ether oxygens (including phenoxy) is 1. The van der Waals surface area contributed by atoms with E-state index in [-0.39, 0.29) is 0 Å². The standard InChI is InChI=1S/C28H25N3O3/c1-3-33-28(32)23-17-24(25-10-7-15-34-25)29-27-26(23)19(2)31(30-27)18-22-13-11-21(12-14-22)16-20-8-5-4-6-9-20/h4-15,17H,3,16,18H2,1-2H3. The van der Waals surface area contributed by atoms with Crippen molar-refractivity contribution in [3.63, 3.8) is 0 Å². The van der Waals surface area contributed by atoms with Crippen LogP contribution in [0.1, 0.15) is 39.7 Å². The van der Waals surface area contributed by atoms with Crippen LogP contribution >= 0.6 is 0 Å². The van der Waals surface area contributed by atoms with Crippen molar-refractivity contribution in [3.8, 4) is 11.5 Å². The Labute approximate surface area is 197 Å². The number of carbonyl (C=O) groups is 1. The van der Waals surface area contributed by atoms with E-state index in [1.807, 2.05) is 23.7 Å². The number of esters is 1. The largest absolute Gasteiger partial charge is 0.463 e. The molecule has 170 valence electrons. The molecule has 34 heavy (non-hydrogen) atoms. The number of carbonyl (C=O) groups excluding carboxylic acids is 1. The Morgan fingerprint density at radius 3 is 2.41 bits per heavy atom. The fraction of sp³-hybridized carbons (Fsp3) is 0.179. The second-order valence-corrected chi connectivity index (χ2v) is 8.17. The molecule has 0 aliphatic heterocycles. The van der Waals surface area contributed by atoms with Crippen LogP contribution in [0.15, 0.2) is 83.5 Å². The third-order valence-corrected chi connectivity index (χ3v) is 5.84. The Bertz CT molecular complexity index is 1420. The molecule has 0 saturated heterocycles. The summed E-state index contributed by atoms with van der Waals surface area (Å²) in [6.07, 6.45) is 2.48. The van der Waals surface area contributed by atoms with Gasteiger partial charge in [0.25, 0.3) is 0 Å². The number of pyridine rings is 1. The summed E-state index contributed by atoms with van der Waals surface area (Å²) in [6, 6.07) is 24.3. The van der Waals surface area contributed by atoms with Crippen LogP contribution < -0.4 is 0 Å². The Morgan fingerprint density at radius 1 is 0.971 bits per heavy atom. The van der Waals surface area contributed by atoms with Crippen LogP contribution in [0.4, 0.5) is 0 Å². The summed E-state index contributed by atoms with van der Waals surface area (Å²) < 4.78 is 12.7. The first-order valence-electron chi connectivity index (χ1n) is 11.3. The lowest BCUT2D eigenvalue weighted by Crippen LogP contribution is -2.07. The lowest BCUT2D eigenvalue weighted by molar-refractivity contribution is 0.0528. The molecule has 5 rings (SSSR count). The number of aromatic nitrogens is 3. The van der Waals surface area contributed by atoms with Gasteiger partial charge in [0.1, 0.15) is 5.69 Å². The second kappa shape index (κ2) is 9.35. The van der Waals surface area contributed by atoms with Crippen molar-refractivity contribution in [1.82, 2.24) is 14.8 Å². The molecule has 0 N–H and O–H groups in total. The van der Waals surface area contributed by atoms with Crippen molar-refractivity contribution in [2.45, 2.75) is 26.8 Å². The molecule has 0 aliphatic rings. The zero-order valence-corrected chi connectivity index (χ0v) is 19.2. The Kier molecular flexibility index (Phi) is 5.95. The fourth-order valence-corrected chi connectivity index (χ4v) is 4.12. The summed E-state index contributed by atoms with van der Waals surface area (Å²) in [6.45, 7) is 4.62. The summed E-state index contributed by atoms with van der Waals surface area (Å²) in [4.78, 5) is 17.4. The van der Waals surface area contributed by atoms with E-state index < -0.39 is 5.97 Å². The number of hydrogen-bond acceptors (Lipinski definition) is 5. The molecule has 6 nitrogen and oxygen atoms in total. The smallest absolute Gasteiger partial charge is 0.339 e. The molecule has 0 radical (unpaired) electrons. The first kappa shape index (κ1) is 21.6. The molecule has 0 atom stereocenters. The van der Waals surface area contributed by atoms with Gasteiger partial charge in [-0.15, -0.1) is 0 Å². The number of benzene rings is 2. The summed E-state index contributed by atoms with van der Waals surface area (Å²) in [5.74, 6) is 0.185. The average molecular weight is 452 g/mol. The molecule has 0 fully saturated rings. The number of aryl methyl sites for hydroxylation is 1. The lowest BCUT2D eigenvalue weighted by atomic mass is 10.0. The summed E-state index contributed by atoms with van der Waals surface area (Å²) >= 11 is 0. The summed E-state index contributed by atoms with van der Waals surface area (Å²) in [5.41, 5.74) is 6.02. The minimum atomic E-state index is -0.393. The molecule has 0 unspecified atom stereocenters. The van der Waals surface area contributed by atoms with Gasteiger partial charge in [-0.1, -0.05) is 54.6 Å². The van der Waals surface area contributed by atoms with Gasteiger partial charge in [-0.25, -0.2) is 9.78 Å². The number of rotatable bonds is 7. The van der Waals surface area contributed by atoms with E-state index in [1.54, 1.807) is 25.3 Å². The van der Waals surface area contributed by atoms with Gasteiger partial charge in [0.2, 0.25) is 0 Å². The molecule has 6 heteroatoms. The van der Waals surface area contributed by atoms with E-state index in [9.17, 15) is 4.79 Å². The van der Waals surface area contributed by atoms with E-state index in [1.165, 1.54) is 11.1 Å². The average Bonchev–Trinajstić information content (AvgIpc) is 3.49. The maximum Gasteiger partial charge on any atom is 0.339 e. The van der Waals surface area contributed by atoms with Crippen molar-refractivity contribution in [2.24, 2.45) is 0 Å². The van der Waals surface area contributed by atoms with Crippen LogP contribution in [0.3, 0.4) is 0 Å². The zero-order valence-electron chi connectivity index (χ0n) is 19.2. The molecule has 2 aromatic carbocycles. The molecule has 0 amide bonds. The van der Waals surface area contributed by atoms with Crippen LogP contribution in [-0.4, -0.2) is 27.3 Å². The molecule has 0 saturated carbocycles. The van der Waals surface area contributed by atoms with Crippen molar-refractivity contribution in [2.75, 3.05) is 6.61 Å². The van der Waals surface area contributed by atoms with Crippen molar-refractivity contribution < 1.29 is 13.9 Å². The molecule has 0 spiro atoms. The van der Waals surface area contributed by atoms with Crippen LogP contribution in [0.5, 0.6) is 0 Å². The quantitative estimate of drug-likeness (QED) is 0.292. The van der Waals surface area contributed by atoms with Gasteiger partial charge in [0.15, 0.2) is 11.4 Å². The monoisotopic (exact) mass is 451 g/mol. The summed E-state index contributed by atoms with van der Waals surface area (Å²) in [5, 5.41) is 5.43. The van der Waals surface area contributed by atoms with E-state index in [0.29, 0.717) is 41.2 Å². The van der Waals surface area contributed by atoms with E-state index in [4.69, 9.17) is 14.3 Å². The number of furan rings is 1. The van der Waals surface area contributed by atoms with Crippen molar-refractivity contribution in [3.05, 3.63) is 107 Å².